The van der Waals surface area contributed by atoms with Crippen LogP contribution < -0.4 is 5.32 Å². The molecule has 0 atom stereocenters. The third-order valence-electron chi connectivity index (χ3n) is 3.68. The molecule has 0 unspecified atom stereocenters. The number of amides is 1. The Balaban J connectivity index is 2.17. The van der Waals surface area contributed by atoms with Crippen molar-refractivity contribution in [2.75, 3.05) is 26.2 Å². The fourth-order valence-electron chi connectivity index (χ4n) is 2.29. The van der Waals surface area contributed by atoms with E-state index in [-0.39, 0.29) is 10.8 Å². The van der Waals surface area contributed by atoms with E-state index in [9.17, 15) is 13.2 Å². The summed E-state index contributed by atoms with van der Waals surface area (Å²) >= 11 is 0. The van der Waals surface area contributed by atoms with E-state index in [2.05, 4.69) is 5.32 Å². The highest BCUT2D eigenvalue weighted by molar-refractivity contribution is 7.92. The maximum atomic E-state index is 12.4. The second-order valence-corrected chi connectivity index (χ2v) is 8.02. The molecule has 5 nitrogen and oxygen atoms in total. The first-order valence-electron chi connectivity index (χ1n) is 7.27. The predicted octanol–water partition coefficient (Wildman–Crippen LogP) is 1.30. The highest BCUT2D eigenvalue weighted by atomic mass is 32.2. The quantitative estimate of drug-likeness (QED) is 0.914. The lowest BCUT2D eigenvalue weighted by molar-refractivity contribution is 0.0766. The fraction of sp³-hybridized carbons (Fsp3) is 0.533. The van der Waals surface area contributed by atoms with E-state index >= 15 is 0 Å². The summed E-state index contributed by atoms with van der Waals surface area (Å²) in [5.74, 6) is -0.0350. The van der Waals surface area contributed by atoms with Crippen LogP contribution in [-0.2, 0) is 9.84 Å². The Morgan fingerprint density at radius 2 is 1.81 bits per heavy atom. The lowest BCUT2D eigenvalue weighted by atomic mass is 10.2. The first-order valence-corrected chi connectivity index (χ1v) is 8.81. The molecule has 1 saturated heterocycles. The molecule has 0 spiro atoms. The van der Waals surface area contributed by atoms with Crippen LogP contribution in [0.15, 0.2) is 29.2 Å². The molecule has 1 amide bonds. The van der Waals surface area contributed by atoms with Crippen molar-refractivity contribution in [2.24, 2.45) is 0 Å². The van der Waals surface area contributed by atoms with Crippen LogP contribution in [0.2, 0.25) is 0 Å². The molecule has 1 aromatic carbocycles. The maximum Gasteiger partial charge on any atom is 0.253 e. The van der Waals surface area contributed by atoms with Crippen LogP contribution in [-0.4, -0.2) is 50.7 Å². The van der Waals surface area contributed by atoms with E-state index in [1.807, 2.05) is 4.90 Å². The van der Waals surface area contributed by atoms with Crippen molar-refractivity contribution in [1.82, 2.24) is 10.2 Å². The van der Waals surface area contributed by atoms with Crippen molar-refractivity contribution in [3.05, 3.63) is 29.8 Å². The lowest BCUT2D eigenvalue weighted by Gasteiger charge is -2.20. The minimum absolute atomic E-state index is 0.0350. The zero-order valence-corrected chi connectivity index (χ0v) is 13.3. The van der Waals surface area contributed by atoms with E-state index in [4.69, 9.17) is 0 Å². The van der Waals surface area contributed by atoms with Gasteiger partial charge >= 0.3 is 0 Å². The van der Waals surface area contributed by atoms with Gasteiger partial charge in [-0.2, -0.15) is 0 Å². The van der Waals surface area contributed by atoms with Crippen molar-refractivity contribution in [3.8, 4) is 0 Å². The molecule has 1 aromatic rings. The standard InChI is InChI=1S/C15H22N2O3S/c1-12(2)21(19,20)14-6-4-13(5-7-14)15(18)17-10-3-8-16-9-11-17/h4-7,12,16H,3,8-11H2,1-2H3. The zero-order chi connectivity index (χ0) is 15.5. The topological polar surface area (TPSA) is 66.5 Å². The molecular weight excluding hydrogens is 288 g/mol. The minimum Gasteiger partial charge on any atom is -0.337 e. The van der Waals surface area contributed by atoms with Crippen LogP contribution in [0.25, 0.3) is 0 Å². The van der Waals surface area contributed by atoms with Gasteiger partial charge in [0.1, 0.15) is 0 Å². The SMILES string of the molecule is CC(C)S(=O)(=O)c1ccc(C(=O)N2CCCNCC2)cc1. The number of rotatable bonds is 3. The van der Waals surface area contributed by atoms with Crippen molar-refractivity contribution in [2.45, 2.75) is 30.4 Å². The molecular formula is C15H22N2O3S. The Bertz CT molecular complexity index is 586. The van der Waals surface area contributed by atoms with E-state index in [1.165, 1.54) is 12.1 Å². The molecule has 1 N–H and O–H groups in total. The van der Waals surface area contributed by atoms with Gasteiger partial charge in [0.15, 0.2) is 9.84 Å². The Labute approximate surface area is 126 Å². The van der Waals surface area contributed by atoms with Gasteiger partial charge in [0, 0.05) is 25.2 Å². The second kappa shape index (κ2) is 6.58. The molecule has 21 heavy (non-hydrogen) atoms. The molecule has 1 aliphatic heterocycles. The van der Waals surface area contributed by atoms with Crippen LogP contribution in [0.5, 0.6) is 0 Å². The molecule has 0 bridgehead atoms. The smallest absolute Gasteiger partial charge is 0.253 e. The van der Waals surface area contributed by atoms with Gasteiger partial charge in [0.25, 0.3) is 5.91 Å². The third-order valence-corrected chi connectivity index (χ3v) is 5.85. The molecule has 116 valence electrons. The normalized spacial score (nSPS) is 16.8. The summed E-state index contributed by atoms with van der Waals surface area (Å²) in [6, 6.07) is 6.27. The van der Waals surface area contributed by atoms with E-state index in [0.29, 0.717) is 12.1 Å². The molecule has 0 saturated carbocycles. The predicted molar refractivity (Wildman–Crippen MR) is 82.2 cm³/mol. The summed E-state index contributed by atoms with van der Waals surface area (Å²) in [5.41, 5.74) is 0.541. The number of carbonyl (C=O) groups excluding carboxylic acids is 1. The number of carbonyl (C=O) groups is 1. The van der Waals surface area contributed by atoms with Gasteiger partial charge in [-0.3, -0.25) is 4.79 Å². The highest BCUT2D eigenvalue weighted by Gasteiger charge is 2.21. The molecule has 2 rings (SSSR count). The van der Waals surface area contributed by atoms with Crippen LogP contribution >= 0.6 is 0 Å². The summed E-state index contributed by atoms with van der Waals surface area (Å²) < 4.78 is 24.1. The number of hydrogen-bond acceptors (Lipinski definition) is 4. The van der Waals surface area contributed by atoms with E-state index in [0.717, 1.165) is 26.1 Å². The number of nitrogens with one attached hydrogen (secondary N) is 1. The monoisotopic (exact) mass is 310 g/mol. The van der Waals surface area contributed by atoms with Gasteiger partial charge < -0.3 is 10.2 Å². The van der Waals surface area contributed by atoms with Crippen molar-refractivity contribution in [3.63, 3.8) is 0 Å². The molecule has 1 heterocycles. The molecule has 1 fully saturated rings. The lowest BCUT2D eigenvalue weighted by Crippen LogP contribution is -2.34. The number of sulfone groups is 1. The first-order chi connectivity index (χ1) is 9.93. The van der Waals surface area contributed by atoms with Gasteiger partial charge in [-0.05, 0) is 51.1 Å². The highest BCUT2D eigenvalue weighted by Crippen LogP contribution is 2.17. The average molecular weight is 310 g/mol. The second-order valence-electron chi connectivity index (χ2n) is 5.51. The summed E-state index contributed by atoms with van der Waals surface area (Å²) in [5, 5.41) is 2.79. The summed E-state index contributed by atoms with van der Waals surface area (Å²) in [6.07, 6.45) is 0.936. The van der Waals surface area contributed by atoms with Crippen molar-refractivity contribution >= 4 is 15.7 Å². The fourth-order valence-corrected chi connectivity index (χ4v) is 3.35. The maximum absolute atomic E-state index is 12.4. The number of nitrogens with zero attached hydrogens (tertiary/aromatic N) is 1. The van der Waals surface area contributed by atoms with Crippen LogP contribution in [0.3, 0.4) is 0 Å². The molecule has 0 aliphatic carbocycles. The van der Waals surface area contributed by atoms with Gasteiger partial charge in [-0.25, -0.2) is 8.42 Å². The van der Waals surface area contributed by atoms with Crippen molar-refractivity contribution < 1.29 is 13.2 Å². The Hall–Kier alpha value is -1.40. The van der Waals surface area contributed by atoms with E-state index < -0.39 is 15.1 Å². The summed E-state index contributed by atoms with van der Waals surface area (Å²) in [4.78, 5) is 14.5. The van der Waals surface area contributed by atoms with Gasteiger partial charge in [0.05, 0.1) is 10.1 Å². The Morgan fingerprint density at radius 3 is 2.43 bits per heavy atom. The van der Waals surface area contributed by atoms with Crippen molar-refractivity contribution in [1.29, 1.82) is 0 Å². The molecule has 0 radical (unpaired) electrons. The van der Waals surface area contributed by atoms with Crippen LogP contribution in [0.1, 0.15) is 30.6 Å². The molecule has 0 aromatic heterocycles. The third kappa shape index (κ3) is 3.63. The minimum atomic E-state index is -3.28. The molecule has 1 aliphatic rings. The van der Waals surface area contributed by atoms with Gasteiger partial charge in [-0.15, -0.1) is 0 Å². The Morgan fingerprint density at radius 1 is 1.14 bits per heavy atom. The largest absolute Gasteiger partial charge is 0.337 e. The van der Waals surface area contributed by atoms with Gasteiger partial charge in [-0.1, -0.05) is 0 Å². The number of hydrogen-bond donors (Lipinski definition) is 1. The number of benzene rings is 1. The molecule has 6 heteroatoms. The van der Waals surface area contributed by atoms with E-state index in [1.54, 1.807) is 26.0 Å². The average Bonchev–Trinajstić information content (AvgIpc) is 2.75. The summed E-state index contributed by atoms with van der Waals surface area (Å²) in [7, 11) is -3.28. The van der Waals surface area contributed by atoms with Gasteiger partial charge in [0.2, 0.25) is 0 Å². The first kappa shape index (κ1) is 16.0. The van der Waals surface area contributed by atoms with Crippen LogP contribution in [0.4, 0.5) is 0 Å². The Kier molecular flexibility index (Phi) is 5.00. The zero-order valence-electron chi connectivity index (χ0n) is 12.5. The van der Waals surface area contributed by atoms with Crippen LogP contribution in [0, 0.1) is 0 Å². The summed E-state index contributed by atoms with van der Waals surface area (Å²) in [6.45, 7) is 6.45.